The highest BCUT2D eigenvalue weighted by atomic mass is 16.6. The van der Waals surface area contributed by atoms with Crippen molar-refractivity contribution in [3.63, 3.8) is 0 Å². The second kappa shape index (κ2) is 42.1. The van der Waals surface area contributed by atoms with Crippen molar-refractivity contribution in [2.45, 2.75) is 149 Å². The summed E-state index contributed by atoms with van der Waals surface area (Å²) in [6.07, 6.45) is 63.5. The van der Waals surface area contributed by atoms with E-state index in [0.29, 0.717) is 13.1 Å². The molecule has 0 heterocycles. The number of carbonyl (C=O) groups excluding carboxylic acids is 2. The molecule has 0 aliphatic heterocycles. The first kappa shape index (κ1) is 52.0. The second-order valence-electron chi connectivity index (χ2n) is 13.5. The summed E-state index contributed by atoms with van der Waals surface area (Å²) in [6.45, 7) is 9.17. The molecule has 0 fully saturated rings. The van der Waals surface area contributed by atoms with Crippen molar-refractivity contribution in [1.82, 2.24) is 10.6 Å². The van der Waals surface area contributed by atoms with E-state index in [0.717, 1.165) is 103 Å². The Hall–Kier alpha value is -4.00. The summed E-state index contributed by atoms with van der Waals surface area (Å²) in [6, 6.07) is -1.18. The van der Waals surface area contributed by atoms with Gasteiger partial charge in [-0.2, -0.15) is 0 Å². The lowest BCUT2D eigenvalue weighted by Gasteiger charge is -2.24. The molecule has 0 saturated carbocycles. The fourth-order valence-corrected chi connectivity index (χ4v) is 5.20. The third-order valence-corrected chi connectivity index (χ3v) is 8.49. The molecule has 0 rings (SSSR count). The van der Waals surface area contributed by atoms with Crippen LogP contribution in [0.15, 0.2) is 134 Å². The van der Waals surface area contributed by atoms with Gasteiger partial charge in [-0.1, -0.05) is 148 Å². The third-order valence-electron chi connectivity index (χ3n) is 8.49. The standard InChI is InChI=1S/C50H78N2O4/c1-6-8-10-12-14-16-18-20-22-24-26-27-29-30-32-34-36-38-40-42-44-51-46(3)49(53)56-47(4)48(50(54)55-5)52-45-43-41-39-37-35-33-31-28-25-23-21-19-17-15-13-11-9-7-2/h8-11,14-17,20-23,26-28,30-32,35-38,46-48,51-52H,6-7,12-13,18-19,24-25,29,33-34,39-45H2,1-5H3/b10-8-,11-9-,16-14-,17-15?,22-20-,23-21?,27-26-,31-28-,32-30-,37-35-,38-36-/t46-,47+,48-/m0/s1. The lowest BCUT2D eigenvalue weighted by molar-refractivity contribution is -0.157. The van der Waals surface area contributed by atoms with Gasteiger partial charge in [0.05, 0.1) is 7.11 Å². The van der Waals surface area contributed by atoms with E-state index in [-0.39, 0.29) is 5.97 Å². The number of allylic oxidation sites excluding steroid dienone is 22. The monoisotopic (exact) mass is 771 g/mol. The Kier molecular flexibility index (Phi) is 39.1. The highest BCUT2D eigenvalue weighted by Gasteiger charge is 2.29. The zero-order chi connectivity index (χ0) is 41.0. The van der Waals surface area contributed by atoms with Crippen LogP contribution in [0.25, 0.3) is 0 Å². The van der Waals surface area contributed by atoms with Crippen molar-refractivity contribution >= 4 is 11.9 Å². The summed E-state index contributed by atoms with van der Waals surface area (Å²) in [5, 5.41) is 6.48. The van der Waals surface area contributed by atoms with Crippen molar-refractivity contribution < 1.29 is 19.1 Å². The lowest BCUT2D eigenvalue weighted by atomic mass is 10.1. The predicted molar refractivity (Wildman–Crippen MR) is 243 cm³/mol. The SMILES string of the molecule is CC/C=C\CC=CCC=CC/C=C\C/C=C\CCCCN[C@H](C(=O)OC)[C@@H](C)OC(=O)[C@H](C)NCCC/C=C\C/C=C\C/C=C\C/C=C\C/C=C\C/C=C\CC. The van der Waals surface area contributed by atoms with Crippen LogP contribution in [0, 0.1) is 0 Å². The maximum absolute atomic E-state index is 12.7. The first-order chi connectivity index (χ1) is 27.5. The molecule has 312 valence electrons. The number of hydrogen-bond donors (Lipinski definition) is 2. The topological polar surface area (TPSA) is 76.7 Å². The molecule has 0 aromatic carbocycles. The van der Waals surface area contributed by atoms with Gasteiger partial charge in [-0.3, -0.25) is 9.59 Å². The maximum Gasteiger partial charge on any atom is 0.326 e. The van der Waals surface area contributed by atoms with E-state index in [9.17, 15) is 9.59 Å². The highest BCUT2D eigenvalue weighted by Crippen LogP contribution is 2.06. The number of unbranched alkanes of at least 4 members (excludes halogenated alkanes) is 3. The van der Waals surface area contributed by atoms with Crippen LogP contribution in [0.1, 0.15) is 130 Å². The molecule has 0 saturated heterocycles. The molecule has 0 bridgehead atoms. The van der Waals surface area contributed by atoms with Crippen LogP contribution in [0.4, 0.5) is 0 Å². The molecule has 0 radical (unpaired) electrons. The molecule has 0 aromatic rings. The number of carbonyl (C=O) groups is 2. The normalized spacial score (nSPS) is 14.7. The molecule has 0 aliphatic carbocycles. The Labute approximate surface area is 343 Å². The first-order valence-electron chi connectivity index (χ1n) is 21.4. The van der Waals surface area contributed by atoms with Gasteiger partial charge in [0.15, 0.2) is 0 Å². The van der Waals surface area contributed by atoms with E-state index in [1.165, 1.54) is 7.11 Å². The van der Waals surface area contributed by atoms with Crippen LogP contribution in [0.5, 0.6) is 0 Å². The van der Waals surface area contributed by atoms with E-state index < -0.39 is 24.2 Å². The van der Waals surface area contributed by atoms with Crippen molar-refractivity contribution in [3.8, 4) is 0 Å². The number of rotatable bonds is 35. The van der Waals surface area contributed by atoms with Crippen LogP contribution >= 0.6 is 0 Å². The van der Waals surface area contributed by atoms with Gasteiger partial charge >= 0.3 is 11.9 Å². The fraction of sp³-hybridized carbons (Fsp3) is 0.520. The molecule has 0 aliphatic rings. The van der Waals surface area contributed by atoms with Gasteiger partial charge in [0.25, 0.3) is 0 Å². The minimum Gasteiger partial charge on any atom is -0.468 e. The molecule has 0 amide bonds. The van der Waals surface area contributed by atoms with Gasteiger partial charge in [0.2, 0.25) is 0 Å². The van der Waals surface area contributed by atoms with E-state index in [4.69, 9.17) is 9.47 Å². The van der Waals surface area contributed by atoms with Crippen molar-refractivity contribution in [2.24, 2.45) is 0 Å². The molecule has 0 aromatic heterocycles. The van der Waals surface area contributed by atoms with Gasteiger partial charge in [-0.25, -0.2) is 0 Å². The zero-order valence-corrected chi connectivity index (χ0v) is 35.8. The molecule has 2 N–H and O–H groups in total. The van der Waals surface area contributed by atoms with E-state index in [1.54, 1.807) is 13.8 Å². The molecular weight excluding hydrogens is 693 g/mol. The Balaban J connectivity index is 4.10. The van der Waals surface area contributed by atoms with Crippen LogP contribution in [-0.4, -0.2) is 50.3 Å². The van der Waals surface area contributed by atoms with Gasteiger partial charge in [0.1, 0.15) is 18.2 Å². The van der Waals surface area contributed by atoms with Gasteiger partial charge in [0, 0.05) is 0 Å². The summed E-state index contributed by atoms with van der Waals surface area (Å²) < 4.78 is 10.6. The van der Waals surface area contributed by atoms with Crippen LogP contribution < -0.4 is 10.6 Å². The summed E-state index contributed by atoms with van der Waals surface area (Å²) in [7, 11) is 1.36. The highest BCUT2D eigenvalue weighted by molar-refractivity contribution is 5.79. The Morgan fingerprint density at radius 1 is 0.446 bits per heavy atom. The minimum atomic E-state index is -0.710. The number of ether oxygens (including phenoxy) is 2. The molecule has 0 unspecified atom stereocenters. The van der Waals surface area contributed by atoms with Crippen LogP contribution in [0.2, 0.25) is 0 Å². The quantitative estimate of drug-likeness (QED) is 0.0380. The number of methoxy groups -OCH3 is 1. The third kappa shape index (κ3) is 35.7. The van der Waals surface area contributed by atoms with Crippen LogP contribution in [-0.2, 0) is 19.1 Å². The maximum atomic E-state index is 12.7. The number of nitrogens with one attached hydrogen (secondary N) is 2. The molecular formula is C50H78N2O4. The van der Waals surface area contributed by atoms with Gasteiger partial charge < -0.3 is 20.1 Å². The molecule has 6 nitrogen and oxygen atoms in total. The van der Waals surface area contributed by atoms with Crippen molar-refractivity contribution in [2.75, 3.05) is 20.2 Å². The number of esters is 2. The molecule has 6 heteroatoms. The Bertz CT molecular complexity index is 1280. The van der Waals surface area contributed by atoms with E-state index in [1.807, 2.05) is 0 Å². The lowest BCUT2D eigenvalue weighted by Crippen LogP contribution is -2.49. The van der Waals surface area contributed by atoms with Crippen LogP contribution in [0.3, 0.4) is 0 Å². The number of hydrogen-bond acceptors (Lipinski definition) is 6. The average molecular weight is 771 g/mol. The Morgan fingerprint density at radius 3 is 1.16 bits per heavy atom. The van der Waals surface area contributed by atoms with Crippen molar-refractivity contribution in [1.29, 1.82) is 0 Å². The molecule has 3 atom stereocenters. The van der Waals surface area contributed by atoms with E-state index in [2.05, 4.69) is 158 Å². The fourth-order valence-electron chi connectivity index (χ4n) is 5.20. The molecule has 0 spiro atoms. The first-order valence-corrected chi connectivity index (χ1v) is 21.4. The summed E-state index contributed by atoms with van der Waals surface area (Å²) in [5.74, 6) is -0.805. The van der Waals surface area contributed by atoms with Crippen molar-refractivity contribution in [3.05, 3.63) is 134 Å². The van der Waals surface area contributed by atoms with Gasteiger partial charge in [-0.15, -0.1) is 0 Å². The minimum absolute atomic E-state index is 0.375. The summed E-state index contributed by atoms with van der Waals surface area (Å²) in [4.78, 5) is 25.2. The predicted octanol–water partition coefficient (Wildman–Crippen LogP) is 12.4. The average Bonchev–Trinajstić information content (AvgIpc) is 3.20. The summed E-state index contributed by atoms with van der Waals surface area (Å²) >= 11 is 0. The largest absolute Gasteiger partial charge is 0.468 e. The smallest absolute Gasteiger partial charge is 0.326 e. The second-order valence-corrected chi connectivity index (χ2v) is 13.5. The van der Waals surface area contributed by atoms with E-state index >= 15 is 0 Å². The van der Waals surface area contributed by atoms with Gasteiger partial charge in [-0.05, 0) is 130 Å². The zero-order valence-electron chi connectivity index (χ0n) is 35.8. The Morgan fingerprint density at radius 2 is 0.786 bits per heavy atom. The summed E-state index contributed by atoms with van der Waals surface area (Å²) in [5.41, 5.74) is 0. The molecule has 56 heavy (non-hydrogen) atoms.